The molecule has 64 valence electrons. The average Bonchev–Trinajstić information content (AvgIpc) is 2.82. The Morgan fingerprint density at radius 2 is 1.92 bits per heavy atom. The Morgan fingerprint density at radius 1 is 1.00 bits per heavy atom. The van der Waals surface area contributed by atoms with Crippen molar-refractivity contribution in [1.82, 2.24) is 0 Å². The topological polar surface area (TPSA) is 0 Å². The van der Waals surface area contributed by atoms with Crippen LogP contribution >= 0.6 is 0 Å². The highest BCUT2D eigenvalue weighted by molar-refractivity contribution is 5.18. The molecule has 0 bridgehead atoms. The number of fused-ring (bicyclic) bond motifs is 3. The highest BCUT2D eigenvalue weighted by Crippen LogP contribution is 2.54. The third-order valence-corrected chi connectivity index (χ3v) is 3.88. The van der Waals surface area contributed by atoms with Gasteiger partial charge in [-0.1, -0.05) is 37.1 Å². The molecular formula is C12H16. The highest BCUT2D eigenvalue weighted by Gasteiger charge is 2.45. The summed E-state index contributed by atoms with van der Waals surface area (Å²) in [5.74, 6) is 3.99. The minimum Gasteiger partial charge on any atom is -0.0808 e. The fraction of sp³-hybridized carbons (Fsp3) is 0.667. The average molecular weight is 160 g/mol. The molecule has 0 aromatic carbocycles. The van der Waals surface area contributed by atoms with Gasteiger partial charge in [0.1, 0.15) is 0 Å². The van der Waals surface area contributed by atoms with Crippen molar-refractivity contribution in [2.75, 3.05) is 0 Å². The summed E-state index contributed by atoms with van der Waals surface area (Å²) in [5.41, 5.74) is 0. The molecule has 0 nitrogen and oxygen atoms in total. The summed E-state index contributed by atoms with van der Waals surface area (Å²) in [6.07, 6.45) is 15.3. The molecule has 0 N–H and O–H groups in total. The normalized spacial score (nSPS) is 49.3. The molecule has 0 spiro atoms. The lowest BCUT2D eigenvalue weighted by Crippen LogP contribution is -2.13. The van der Waals surface area contributed by atoms with E-state index in [1.807, 2.05) is 0 Å². The van der Waals surface area contributed by atoms with Crippen LogP contribution in [-0.2, 0) is 0 Å². The molecule has 0 heterocycles. The van der Waals surface area contributed by atoms with Crippen LogP contribution < -0.4 is 0 Å². The summed E-state index contributed by atoms with van der Waals surface area (Å²) in [6.45, 7) is 0. The molecule has 3 aliphatic carbocycles. The zero-order valence-electron chi connectivity index (χ0n) is 7.45. The van der Waals surface area contributed by atoms with Crippen molar-refractivity contribution in [2.24, 2.45) is 23.7 Å². The maximum absolute atomic E-state index is 2.46. The van der Waals surface area contributed by atoms with Crippen LogP contribution in [0.25, 0.3) is 0 Å². The monoisotopic (exact) mass is 160 g/mol. The molecule has 0 heteroatoms. The second kappa shape index (κ2) is 2.48. The Kier molecular flexibility index (Phi) is 1.44. The lowest BCUT2D eigenvalue weighted by molar-refractivity contribution is 0.409. The lowest BCUT2D eigenvalue weighted by atomic mass is 9.83. The van der Waals surface area contributed by atoms with Gasteiger partial charge < -0.3 is 0 Å². The van der Waals surface area contributed by atoms with E-state index in [0.717, 1.165) is 23.7 Å². The number of hydrogen-bond donors (Lipinski definition) is 0. The van der Waals surface area contributed by atoms with Crippen LogP contribution in [-0.4, -0.2) is 0 Å². The van der Waals surface area contributed by atoms with Crippen molar-refractivity contribution < 1.29 is 0 Å². The fourth-order valence-corrected chi connectivity index (χ4v) is 3.11. The Hall–Kier alpha value is -0.520. The third kappa shape index (κ3) is 0.972. The maximum Gasteiger partial charge on any atom is -0.0136 e. The van der Waals surface area contributed by atoms with Crippen molar-refractivity contribution in [2.45, 2.75) is 25.7 Å². The van der Waals surface area contributed by atoms with E-state index in [9.17, 15) is 0 Å². The van der Waals surface area contributed by atoms with Gasteiger partial charge in [0.05, 0.1) is 0 Å². The number of allylic oxidation sites excluding steroid dienone is 4. The molecule has 0 aromatic rings. The summed E-state index contributed by atoms with van der Waals surface area (Å²) in [5, 5.41) is 0. The highest BCUT2D eigenvalue weighted by atomic mass is 14.5. The van der Waals surface area contributed by atoms with Crippen LogP contribution in [0.3, 0.4) is 0 Å². The molecule has 12 heavy (non-hydrogen) atoms. The van der Waals surface area contributed by atoms with E-state index >= 15 is 0 Å². The van der Waals surface area contributed by atoms with E-state index in [1.165, 1.54) is 25.7 Å². The molecule has 2 fully saturated rings. The predicted octanol–water partition coefficient (Wildman–Crippen LogP) is 3.16. The molecule has 4 atom stereocenters. The quantitative estimate of drug-likeness (QED) is 0.510. The molecule has 4 unspecified atom stereocenters. The van der Waals surface area contributed by atoms with Crippen LogP contribution in [0, 0.1) is 23.7 Å². The van der Waals surface area contributed by atoms with E-state index in [2.05, 4.69) is 24.3 Å². The smallest absolute Gasteiger partial charge is 0.0136 e. The van der Waals surface area contributed by atoms with Gasteiger partial charge in [0, 0.05) is 0 Å². The molecule has 0 aromatic heterocycles. The van der Waals surface area contributed by atoms with Gasteiger partial charge in [-0.2, -0.15) is 0 Å². The van der Waals surface area contributed by atoms with Crippen LogP contribution in [0.4, 0.5) is 0 Å². The minimum absolute atomic E-state index is 0.896. The standard InChI is InChI=1S/C12H16/c1-2-7-11-9(4-1)5-3-6-10-8-12(10)11/h1-2,4,7,9-12H,3,5-6,8H2. The summed E-state index contributed by atoms with van der Waals surface area (Å²) in [6, 6.07) is 0. The SMILES string of the molecule is C1=CC2CCCC3CC3C2C=C1. The van der Waals surface area contributed by atoms with Gasteiger partial charge in [-0.05, 0) is 36.5 Å². The first kappa shape index (κ1) is 6.94. The van der Waals surface area contributed by atoms with Gasteiger partial charge in [0.2, 0.25) is 0 Å². The van der Waals surface area contributed by atoms with Crippen molar-refractivity contribution in [3.8, 4) is 0 Å². The van der Waals surface area contributed by atoms with Crippen molar-refractivity contribution in [3.05, 3.63) is 24.3 Å². The van der Waals surface area contributed by atoms with Crippen molar-refractivity contribution in [1.29, 1.82) is 0 Å². The van der Waals surface area contributed by atoms with Gasteiger partial charge in [0.25, 0.3) is 0 Å². The van der Waals surface area contributed by atoms with Crippen LogP contribution in [0.2, 0.25) is 0 Å². The first-order chi connectivity index (χ1) is 5.95. The van der Waals surface area contributed by atoms with Crippen molar-refractivity contribution in [3.63, 3.8) is 0 Å². The molecule has 0 aliphatic heterocycles. The molecule has 2 saturated carbocycles. The van der Waals surface area contributed by atoms with E-state index < -0.39 is 0 Å². The largest absolute Gasteiger partial charge is 0.0808 e. The first-order valence-electron chi connectivity index (χ1n) is 5.30. The van der Waals surface area contributed by atoms with Gasteiger partial charge >= 0.3 is 0 Å². The molecule has 3 aliphatic rings. The van der Waals surface area contributed by atoms with Gasteiger partial charge in [-0.25, -0.2) is 0 Å². The van der Waals surface area contributed by atoms with E-state index in [4.69, 9.17) is 0 Å². The summed E-state index contributed by atoms with van der Waals surface area (Å²) in [7, 11) is 0. The summed E-state index contributed by atoms with van der Waals surface area (Å²) < 4.78 is 0. The van der Waals surface area contributed by atoms with Gasteiger partial charge in [-0.15, -0.1) is 0 Å². The van der Waals surface area contributed by atoms with Crippen LogP contribution in [0.5, 0.6) is 0 Å². The summed E-state index contributed by atoms with van der Waals surface area (Å²) >= 11 is 0. The zero-order chi connectivity index (χ0) is 7.97. The fourth-order valence-electron chi connectivity index (χ4n) is 3.11. The Bertz CT molecular complexity index is 236. The first-order valence-corrected chi connectivity index (χ1v) is 5.30. The van der Waals surface area contributed by atoms with Gasteiger partial charge in [0.15, 0.2) is 0 Å². The predicted molar refractivity (Wildman–Crippen MR) is 50.7 cm³/mol. The van der Waals surface area contributed by atoms with Crippen LogP contribution in [0.1, 0.15) is 25.7 Å². The van der Waals surface area contributed by atoms with Crippen LogP contribution in [0.15, 0.2) is 24.3 Å². The number of hydrogen-bond acceptors (Lipinski definition) is 0. The lowest BCUT2D eigenvalue weighted by Gasteiger charge is -2.22. The second-order valence-electron chi connectivity index (χ2n) is 4.60. The van der Waals surface area contributed by atoms with Gasteiger partial charge in [-0.3, -0.25) is 0 Å². The number of rotatable bonds is 0. The molecule has 0 amide bonds. The Morgan fingerprint density at radius 3 is 2.92 bits per heavy atom. The molecule has 3 rings (SSSR count). The van der Waals surface area contributed by atoms with E-state index in [1.54, 1.807) is 0 Å². The van der Waals surface area contributed by atoms with Crippen molar-refractivity contribution >= 4 is 0 Å². The third-order valence-electron chi connectivity index (χ3n) is 3.88. The van der Waals surface area contributed by atoms with E-state index in [0.29, 0.717) is 0 Å². The minimum atomic E-state index is 0.896. The summed E-state index contributed by atoms with van der Waals surface area (Å²) in [4.78, 5) is 0. The molecular weight excluding hydrogens is 144 g/mol. The second-order valence-corrected chi connectivity index (χ2v) is 4.60. The molecule has 0 radical (unpaired) electrons. The molecule has 0 saturated heterocycles. The van der Waals surface area contributed by atoms with E-state index in [-0.39, 0.29) is 0 Å². The Labute approximate surface area is 74.4 Å². The zero-order valence-corrected chi connectivity index (χ0v) is 7.45. The Balaban J connectivity index is 1.86. The maximum atomic E-state index is 2.46.